The van der Waals surface area contributed by atoms with Crippen molar-refractivity contribution in [3.05, 3.63) is 81.1 Å². The Labute approximate surface area is 197 Å². The zero-order valence-electron chi connectivity index (χ0n) is 18.4. The molecular weight excluding hydrogens is 458 g/mol. The molecule has 1 aliphatic heterocycles. The molecule has 0 atom stereocenters. The summed E-state index contributed by atoms with van der Waals surface area (Å²) in [5, 5.41) is 20.8. The van der Waals surface area contributed by atoms with Crippen LogP contribution in [0, 0.1) is 10.1 Å². The summed E-state index contributed by atoms with van der Waals surface area (Å²) in [7, 11) is -4.06. The summed E-state index contributed by atoms with van der Waals surface area (Å²) in [6.45, 7) is 2.83. The average molecular weight is 484 g/mol. The van der Waals surface area contributed by atoms with Gasteiger partial charge in [0.15, 0.2) is 0 Å². The number of anilines is 1. The lowest BCUT2D eigenvalue weighted by Gasteiger charge is -2.31. The van der Waals surface area contributed by atoms with Crippen LogP contribution in [-0.2, 0) is 14.8 Å². The minimum atomic E-state index is -4.06. The number of nitrogens with one attached hydrogen (secondary N) is 1. The number of nitrogens with zero attached hydrogens (tertiary/aromatic N) is 3. The fraction of sp³-hybridized carbons (Fsp3) is 0.261. The number of nitro benzene ring substituents is 1. The second-order valence-electron chi connectivity index (χ2n) is 7.90. The number of hydrogen-bond acceptors (Lipinski definition) is 8. The fourth-order valence-electron chi connectivity index (χ4n) is 4.04. The number of nitro groups is 1. The van der Waals surface area contributed by atoms with Gasteiger partial charge in [0.1, 0.15) is 5.69 Å². The molecule has 4 rings (SSSR count). The molecule has 0 radical (unpaired) electrons. The van der Waals surface area contributed by atoms with Crippen LogP contribution in [0.2, 0.25) is 0 Å². The van der Waals surface area contributed by atoms with Crippen molar-refractivity contribution < 1.29 is 18.1 Å². The lowest BCUT2D eigenvalue weighted by atomic mass is 10.1. The van der Waals surface area contributed by atoms with Gasteiger partial charge in [-0.2, -0.15) is 5.10 Å². The number of morpholine rings is 1. The standard InChI is InChI=1S/C23H25N5O5S/c24-34(31,32)20-8-9-21(22(15-20)28(29)30)26-25-16-19-7-6-18(14-17-4-2-1-3-5-17)23(19)27-10-12-33-13-11-27/h1-5,8-9,14-16,26H,6-7,10-13H2,(H2,24,31,32)/b18-14-,25-16+. The topological polar surface area (TPSA) is 140 Å². The largest absolute Gasteiger partial charge is 0.378 e. The highest BCUT2D eigenvalue weighted by molar-refractivity contribution is 7.89. The van der Waals surface area contributed by atoms with Crippen LogP contribution in [0.1, 0.15) is 18.4 Å². The van der Waals surface area contributed by atoms with E-state index in [1.54, 1.807) is 6.21 Å². The molecule has 1 aliphatic carbocycles. The number of ether oxygens (including phenoxy) is 1. The number of sulfonamides is 1. The Morgan fingerprint density at radius 1 is 1.12 bits per heavy atom. The van der Waals surface area contributed by atoms with Gasteiger partial charge in [-0.05, 0) is 47.8 Å². The quantitative estimate of drug-likeness (QED) is 0.350. The van der Waals surface area contributed by atoms with Gasteiger partial charge >= 0.3 is 0 Å². The third-order valence-electron chi connectivity index (χ3n) is 5.64. The first-order chi connectivity index (χ1) is 16.3. The van der Waals surface area contributed by atoms with E-state index in [-0.39, 0.29) is 10.6 Å². The van der Waals surface area contributed by atoms with Crippen molar-refractivity contribution in [2.45, 2.75) is 17.7 Å². The Balaban J connectivity index is 1.63. The van der Waals surface area contributed by atoms with Crippen molar-refractivity contribution in [2.24, 2.45) is 10.2 Å². The third kappa shape index (κ3) is 5.50. The number of hydrogen-bond donors (Lipinski definition) is 2. The fourth-order valence-corrected chi connectivity index (χ4v) is 4.57. The Kier molecular flexibility index (Phi) is 7.06. The van der Waals surface area contributed by atoms with E-state index in [9.17, 15) is 18.5 Å². The monoisotopic (exact) mass is 483 g/mol. The Morgan fingerprint density at radius 3 is 2.53 bits per heavy atom. The van der Waals surface area contributed by atoms with Crippen LogP contribution >= 0.6 is 0 Å². The van der Waals surface area contributed by atoms with Gasteiger partial charge < -0.3 is 9.64 Å². The summed E-state index contributed by atoms with van der Waals surface area (Å²) in [6, 6.07) is 13.5. The van der Waals surface area contributed by atoms with Gasteiger partial charge in [-0.25, -0.2) is 13.6 Å². The number of primary sulfonamides is 1. The molecule has 34 heavy (non-hydrogen) atoms. The smallest absolute Gasteiger partial charge is 0.295 e. The third-order valence-corrected chi connectivity index (χ3v) is 6.55. The SMILES string of the molecule is NS(=O)(=O)c1ccc(N/N=C/C2=C(N3CCOCC3)C(=C\c3ccccc3)/CC2)c([N+](=O)[O-])c1. The van der Waals surface area contributed by atoms with Gasteiger partial charge in [0.05, 0.1) is 29.2 Å². The van der Waals surface area contributed by atoms with Gasteiger partial charge in [0, 0.05) is 24.9 Å². The Hall–Kier alpha value is -3.54. The zero-order valence-corrected chi connectivity index (χ0v) is 19.2. The lowest BCUT2D eigenvalue weighted by Crippen LogP contribution is -2.36. The van der Waals surface area contributed by atoms with Crippen molar-refractivity contribution >= 4 is 33.7 Å². The van der Waals surface area contributed by atoms with E-state index in [4.69, 9.17) is 9.88 Å². The summed E-state index contributed by atoms with van der Waals surface area (Å²) in [5.41, 5.74) is 6.77. The predicted octanol–water partition coefficient (Wildman–Crippen LogP) is 3.10. The van der Waals surface area contributed by atoms with Crippen molar-refractivity contribution in [2.75, 3.05) is 31.7 Å². The molecule has 2 aromatic carbocycles. The molecule has 0 bridgehead atoms. The molecule has 2 aliphatic rings. The van der Waals surface area contributed by atoms with Gasteiger partial charge in [-0.3, -0.25) is 15.5 Å². The number of allylic oxidation sites excluding steroid dienone is 2. The molecule has 0 saturated carbocycles. The predicted molar refractivity (Wildman–Crippen MR) is 130 cm³/mol. The molecule has 1 fully saturated rings. The van der Waals surface area contributed by atoms with Gasteiger partial charge in [0.2, 0.25) is 10.0 Å². The Bertz CT molecular complexity index is 1270. The van der Waals surface area contributed by atoms with E-state index in [2.05, 4.69) is 33.6 Å². The average Bonchev–Trinajstić information content (AvgIpc) is 3.21. The van der Waals surface area contributed by atoms with E-state index < -0.39 is 20.6 Å². The normalized spacial score (nSPS) is 18.1. The van der Waals surface area contributed by atoms with Crippen LogP contribution in [0.15, 0.2) is 75.4 Å². The van der Waals surface area contributed by atoms with E-state index in [1.807, 2.05) is 18.2 Å². The van der Waals surface area contributed by atoms with E-state index in [0.29, 0.717) is 13.2 Å². The lowest BCUT2D eigenvalue weighted by molar-refractivity contribution is -0.384. The van der Waals surface area contributed by atoms with Crippen LogP contribution in [0.5, 0.6) is 0 Å². The first kappa shape index (κ1) is 23.6. The number of benzene rings is 2. The van der Waals surface area contributed by atoms with Crippen LogP contribution in [0.4, 0.5) is 11.4 Å². The van der Waals surface area contributed by atoms with Crippen molar-refractivity contribution in [3.8, 4) is 0 Å². The van der Waals surface area contributed by atoms with Crippen LogP contribution in [0.25, 0.3) is 6.08 Å². The molecule has 10 nitrogen and oxygen atoms in total. The van der Waals surface area contributed by atoms with Crippen molar-refractivity contribution in [1.29, 1.82) is 0 Å². The second kappa shape index (κ2) is 10.2. The number of hydrazone groups is 1. The van der Waals surface area contributed by atoms with Crippen LogP contribution in [-0.4, -0.2) is 50.8 Å². The van der Waals surface area contributed by atoms with E-state index in [0.717, 1.165) is 48.8 Å². The molecule has 0 spiro atoms. The molecule has 1 saturated heterocycles. The van der Waals surface area contributed by atoms with Gasteiger partial charge in [-0.15, -0.1) is 0 Å². The maximum absolute atomic E-state index is 11.5. The molecule has 11 heteroatoms. The molecule has 3 N–H and O–H groups in total. The maximum atomic E-state index is 11.5. The van der Waals surface area contributed by atoms with E-state index in [1.165, 1.54) is 17.7 Å². The highest BCUT2D eigenvalue weighted by atomic mass is 32.2. The molecule has 2 aromatic rings. The molecule has 0 amide bonds. The molecular formula is C23H25N5O5S. The highest BCUT2D eigenvalue weighted by Crippen LogP contribution is 2.35. The first-order valence-electron chi connectivity index (χ1n) is 10.7. The van der Waals surface area contributed by atoms with Gasteiger partial charge in [-0.1, -0.05) is 30.3 Å². The van der Waals surface area contributed by atoms with Crippen LogP contribution in [0.3, 0.4) is 0 Å². The van der Waals surface area contributed by atoms with Gasteiger partial charge in [0.25, 0.3) is 5.69 Å². The molecule has 178 valence electrons. The number of rotatable bonds is 7. The van der Waals surface area contributed by atoms with Crippen molar-refractivity contribution in [1.82, 2.24) is 4.90 Å². The highest BCUT2D eigenvalue weighted by Gasteiger charge is 2.25. The molecule has 0 aromatic heterocycles. The van der Waals surface area contributed by atoms with Crippen LogP contribution < -0.4 is 10.6 Å². The van der Waals surface area contributed by atoms with Crippen molar-refractivity contribution in [3.63, 3.8) is 0 Å². The minimum Gasteiger partial charge on any atom is -0.378 e. The maximum Gasteiger partial charge on any atom is 0.295 e. The van der Waals surface area contributed by atoms with E-state index >= 15 is 0 Å². The summed E-state index contributed by atoms with van der Waals surface area (Å²) in [6.07, 6.45) is 5.49. The molecule has 1 heterocycles. The summed E-state index contributed by atoms with van der Waals surface area (Å²) >= 11 is 0. The minimum absolute atomic E-state index is 0.0696. The summed E-state index contributed by atoms with van der Waals surface area (Å²) < 4.78 is 28.6. The molecule has 0 unspecified atom stereocenters. The second-order valence-corrected chi connectivity index (χ2v) is 9.47. The first-order valence-corrected chi connectivity index (χ1v) is 12.3. The Morgan fingerprint density at radius 2 is 1.85 bits per heavy atom. The summed E-state index contributed by atoms with van der Waals surface area (Å²) in [4.78, 5) is 12.7. The number of nitrogens with two attached hydrogens (primary N) is 1. The zero-order chi connectivity index (χ0) is 24.1. The summed E-state index contributed by atoms with van der Waals surface area (Å²) in [5.74, 6) is 0.